The molecule has 5 heteroatoms. The lowest BCUT2D eigenvalue weighted by molar-refractivity contribution is -0.133. The first kappa shape index (κ1) is 15.5. The molecule has 0 spiro atoms. The number of hydrogen-bond donors (Lipinski definition) is 1. The van der Waals surface area contributed by atoms with Crippen LogP contribution in [0.25, 0.3) is 0 Å². The van der Waals surface area contributed by atoms with Gasteiger partial charge in [-0.2, -0.15) is 0 Å². The molecule has 1 saturated heterocycles. The number of carboxylic acids is 1. The molecule has 1 aromatic rings. The fourth-order valence-electron chi connectivity index (χ4n) is 2.79. The largest absolute Gasteiger partial charge is 0.478 e. The summed E-state index contributed by atoms with van der Waals surface area (Å²) in [5.74, 6) is -0.682. The number of aromatic carboxylic acids is 1. The Kier molecular flexibility index (Phi) is 4.96. The summed E-state index contributed by atoms with van der Waals surface area (Å²) in [5.41, 5.74) is 1.09. The number of benzene rings is 1. The highest BCUT2D eigenvalue weighted by atomic mass is 16.4. The number of likely N-dealkylation sites (N-methyl/N-ethyl adjacent to an activating group) is 1. The molecule has 1 heterocycles. The molecule has 5 nitrogen and oxygen atoms in total. The molecule has 1 fully saturated rings. The number of carbonyl (C=O) groups is 2. The van der Waals surface area contributed by atoms with E-state index in [1.54, 1.807) is 24.1 Å². The summed E-state index contributed by atoms with van der Waals surface area (Å²) in [6.07, 6.45) is 1.47. The number of rotatable bonds is 5. The monoisotopic (exact) mass is 290 g/mol. The van der Waals surface area contributed by atoms with Crippen LogP contribution in [0.4, 0.5) is 0 Å². The summed E-state index contributed by atoms with van der Waals surface area (Å²) in [6, 6.07) is 6.96. The van der Waals surface area contributed by atoms with Crippen LogP contribution in [-0.4, -0.2) is 60.5 Å². The van der Waals surface area contributed by atoms with Gasteiger partial charge < -0.3 is 14.9 Å². The quantitative estimate of drug-likeness (QED) is 0.889. The SMILES string of the molecule is CN1CCC(C(=O)N(C)CCc2ccccc2C(=O)O)C1. The molecule has 1 aliphatic rings. The topological polar surface area (TPSA) is 60.9 Å². The molecule has 0 bridgehead atoms. The van der Waals surface area contributed by atoms with Gasteiger partial charge in [-0.05, 0) is 38.1 Å². The molecule has 1 unspecified atom stereocenters. The van der Waals surface area contributed by atoms with Gasteiger partial charge in [-0.25, -0.2) is 4.79 Å². The third kappa shape index (κ3) is 3.82. The molecule has 1 aromatic carbocycles. The summed E-state index contributed by atoms with van der Waals surface area (Å²) in [5, 5.41) is 9.16. The summed E-state index contributed by atoms with van der Waals surface area (Å²) >= 11 is 0. The maximum absolute atomic E-state index is 12.3. The van der Waals surface area contributed by atoms with E-state index in [1.165, 1.54) is 0 Å². The van der Waals surface area contributed by atoms with E-state index >= 15 is 0 Å². The molecule has 1 N–H and O–H groups in total. The molecule has 21 heavy (non-hydrogen) atoms. The molecule has 0 aliphatic carbocycles. The summed E-state index contributed by atoms with van der Waals surface area (Å²) in [6.45, 7) is 2.32. The van der Waals surface area contributed by atoms with Crippen LogP contribution in [-0.2, 0) is 11.2 Å². The van der Waals surface area contributed by atoms with Gasteiger partial charge in [0, 0.05) is 20.1 Å². The molecule has 1 atom stereocenters. The number of nitrogens with zero attached hydrogens (tertiary/aromatic N) is 2. The van der Waals surface area contributed by atoms with Gasteiger partial charge in [-0.15, -0.1) is 0 Å². The second-order valence-corrected chi connectivity index (χ2v) is 5.72. The Bertz CT molecular complexity index is 530. The van der Waals surface area contributed by atoms with Gasteiger partial charge in [0.25, 0.3) is 0 Å². The molecule has 1 amide bonds. The lowest BCUT2D eigenvalue weighted by Crippen LogP contribution is -2.35. The van der Waals surface area contributed by atoms with Gasteiger partial charge in [0.1, 0.15) is 0 Å². The summed E-state index contributed by atoms with van der Waals surface area (Å²) in [7, 11) is 3.82. The van der Waals surface area contributed by atoms with Crippen LogP contribution in [0.1, 0.15) is 22.3 Å². The first-order chi connectivity index (χ1) is 9.99. The molecular formula is C16H22N2O3. The van der Waals surface area contributed by atoms with Crippen LogP contribution in [0.15, 0.2) is 24.3 Å². The Morgan fingerprint density at radius 3 is 2.71 bits per heavy atom. The first-order valence-corrected chi connectivity index (χ1v) is 7.23. The van der Waals surface area contributed by atoms with Crippen LogP contribution in [0.3, 0.4) is 0 Å². The van der Waals surface area contributed by atoms with E-state index in [4.69, 9.17) is 5.11 Å². The Hall–Kier alpha value is -1.88. The predicted octanol–water partition coefficient (Wildman–Crippen LogP) is 1.34. The van der Waals surface area contributed by atoms with Crippen LogP contribution in [0.2, 0.25) is 0 Å². The lowest BCUT2D eigenvalue weighted by Gasteiger charge is -2.21. The number of likely N-dealkylation sites (tertiary alicyclic amines) is 1. The highest BCUT2D eigenvalue weighted by molar-refractivity contribution is 5.89. The van der Waals surface area contributed by atoms with Crippen molar-refractivity contribution in [3.8, 4) is 0 Å². The Labute approximate surface area is 125 Å². The van der Waals surface area contributed by atoms with Crippen molar-refractivity contribution < 1.29 is 14.7 Å². The minimum Gasteiger partial charge on any atom is -0.478 e. The normalized spacial score (nSPS) is 18.7. The van der Waals surface area contributed by atoms with Gasteiger partial charge in [-0.3, -0.25) is 4.79 Å². The van der Waals surface area contributed by atoms with Gasteiger partial charge in [-0.1, -0.05) is 18.2 Å². The van der Waals surface area contributed by atoms with Crippen molar-refractivity contribution >= 4 is 11.9 Å². The van der Waals surface area contributed by atoms with E-state index in [1.807, 2.05) is 19.2 Å². The maximum Gasteiger partial charge on any atom is 0.335 e. The van der Waals surface area contributed by atoms with Crippen molar-refractivity contribution in [1.29, 1.82) is 0 Å². The van der Waals surface area contributed by atoms with Gasteiger partial charge in [0.2, 0.25) is 5.91 Å². The number of carbonyl (C=O) groups excluding carboxylic acids is 1. The highest BCUT2D eigenvalue weighted by Gasteiger charge is 2.28. The zero-order valence-electron chi connectivity index (χ0n) is 12.6. The van der Waals surface area contributed by atoms with E-state index in [0.29, 0.717) is 18.5 Å². The van der Waals surface area contributed by atoms with Gasteiger partial charge in [0.05, 0.1) is 11.5 Å². The van der Waals surface area contributed by atoms with Crippen molar-refractivity contribution in [1.82, 2.24) is 9.80 Å². The number of amides is 1. The Balaban J connectivity index is 1.93. The van der Waals surface area contributed by atoms with Gasteiger partial charge >= 0.3 is 5.97 Å². The summed E-state index contributed by atoms with van der Waals surface area (Å²) in [4.78, 5) is 27.4. The average molecular weight is 290 g/mol. The second kappa shape index (κ2) is 6.72. The van der Waals surface area contributed by atoms with E-state index in [2.05, 4.69) is 4.90 Å². The smallest absolute Gasteiger partial charge is 0.335 e. The molecule has 114 valence electrons. The van der Waals surface area contributed by atoms with Crippen molar-refractivity contribution in [2.45, 2.75) is 12.8 Å². The average Bonchev–Trinajstić information content (AvgIpc) is 2.90. The lowest BCUT2D eigenvalue weighted by atomic mass is 10.0. The Morgan fingerprint density at radius 1 is 1.38 bits per heavy atom. The number of hydrogen-bond acceptors (Lipinski definition) is 3. The molecule has 0 radical (unpaired) electrons. The second-order valence-electron chi connectivity index (χ2n) is 5.72. The van der Waals surface area contributed by atoms with Crippen molar-refractivity contribution in [2.24, 2.45) is 5.92 Å². The van der Waals surface area contributed by atoms with Crippen LogP contribution in [0.5, 0.6) is 0 Å². The minimum absolute atomic E-state index is 0.0784. The molecule has 1 aliphatic heterocycles. The fourth-order valence-corrected chi connectivity index (χ4v) is 2.79. The van der Waals surface area contributed by atoms with Gasteiger partial charge in [0.15, 0.2) is 0 Å². The Morgan fingerprint density at radius 2 is 2.10 bits per heavy atom. The minimum atomic E-state index is -0.919. The van der Waals surface area contributed by atoms with Crippen LogP contribution < -0.4 is 0 Å². The zero-order chi connectivity index (χ0) is 15.4. The molecule has 0 saturated carbocycles. The summed E-state index contributed by atoms with van der Waals surface area (Å²) < 4.78 is 0. The van der Waals surface area contributed by atoms with E-state index < -0.39 is 5.97 Å². The zero-order valence-corrected chi connectivity index (χ0v) is 12.6. The highest BCUT2D eigenvalue weighted by Crippen LogP contribution is 2.17. The maximum atomic E-state index is 12.3. The van der Waals surface area contributed by atoms with E-state index in [9.17, 15) is 9.59 Å². The van der Waals surface area contributed by atoms with E-state index in [0.717, 1.165) is 25.1 Å². The fraction of sp³-hybridized carbons (Fsp3) is 0.500. The predicted molar refractivity (Wildman–Crippen MR) is 80.3 cm³/mol. The molecule has 0 aromatic heterocycles. The standard InChI is InChI=1S/C16H22N2O3/c1-17-9-7-13(11-17)15(19)18(2)10-8-12-5-3-4-6-14(12)16(20)21/h3-6,13H,7-11H2,1-2H3,(H,20,21). The number of carboxylic acid groups (broad SMARTS) is 1. The third-order valence-electron chi connectivity index (χ3n) is 4.08. The van der Waals surface area contributed by atoms with Crippen LogP contribution >= 0.6 is 0 Å². The molecule has 2 rings (SSSR count). The van der Waals surface area contributed by atoms with Crippen molar-refractivity contribution in [2.75, 3.05) is 33.7 Å². The van der Waals surface area contributed by atoms with Crippen molar-refractivity contribution in [3.63, 3.8) is 0 Å². The van der Waals surface area contributed by atoms with Crippen molar-refractivity contribution in [3.05, 3.63) is 35.4 Å². The first-order valence-electron chi connectivity index (χ1n) is 7.23. The van der Waals surface area contributed by atoms with E-state index in [-0.39, 0.29) is 11.8 Å². The third-order valence-corrected chi connectivity index (χ3v) is 4.08. The molecular weight excluding hydrogens is 268 g/mol. The van der Waals surface area contributed by atoms with Crippen LogP contribution in [0, 0.1) is 5.92 Å².